The highest BCUT2D eigenvalue weighted by Gasteiger charge is 2.30. The van der Waals surface area contributed by atoms with Crippen LogP contribution in [-0.4, -0.2) is 18.0 Å². The predicted octanol–water partition coefficient (Wildman–Crippen LogP) is 1.84. The lowest BCUT2D eigenvalue weighted by Crippen LogP contribution is -2.37. The smallest absolute Gasteiger partial charge is 0.220 e. The van der Waals surface area contributed by atoms with Crippen LogP contribution in [-0.2, 0) is 4.79 Å². The van der Waals surface area contributed by atoms with E-state index in [9.17, 15) is 4.79 Å². The molecule has 0 aliphatic heterocycles. The maximum atomic E-state index is 11.7. The molecule has 2 aliphatic carbocycles. The highest BCUT2D eigenvalue weighted by Crippen LogP contribution is 2.32. The van der Waals surface area contributed by atoms with Crippen LogP contribution < -0.4 is 11.1 Å². The molecule has 0 aromatic carbocycles. The van der Waals surface area contributed by atoms with E-state index in [1.165, 1.54) is 19.3 Å². The second-order valence-electron chi connectivity index (χ2n) is 5.25. The Balaban J connectivity index is 0.00000128. The van der Waals surface area contributed by atoms with Crippen molar-refractivity contribution in [3.8, 4) is 0 Å². The molecule has 3 N–H and O–H groups in total. The van der Waals surface area contributed by atoms with Crippen molar-refractivity contribution in [1.29, 1.82) is 0 Å². The van der Waals surface area contributed by atoms with Gasteiger partial charge in [0.05, 0.1) is 0 Å². The van der Waals surface area contributed by atoms with Crippen LogP contribution in [0.25, 0.3) is 0 Å². The summed E-state index contributed by atoms with van der Waals surface area (Å²) in [6.07, 6.45) is 6.62. The molecule has 3 atom stereocenters. The molecule has 1 unspecified atom stereocenters. The van der Waals surface area contributed by atoms with Crippen molar-refractivity contribution in [2.45, 2.75) is 57.5 Å². The van der Waals surface area contributed by atoms with Gasteiger partial charge in [-0.2, -0.15) is 0 Å². The third-order valence-corrected chi connectivity index (χ3v) is 3.88. The maximum Gasteiger partial charge on any atom is 0.220 e. The predicted molar refractivity (Wildman–Crippen MR) is 67.5 cm³/mol. The van der Waals surface area contributed by atoms with E-state index in [1.807, 2.05) is 0 Å². The van der Waals surface area contributed by atoms with Gasteiger partial charge in [-0.15, -0.1) is 12.4 Å². The molecule has 2 aliphatic rings. The second kappa shape index (κ2) is 5.87. The molecule has 0 saturated heterocycles. The van der Waals surface area contributed by atoms with Crippen LogP contribution in [0.4, 0.5) is 0 Å². The number of carbonyl (C=O) groups excluding carboxylic acids is 1. The fourth-order valence-electron chi connectivity index (χ4n) is 2.58. The first kappa shape index (κ1) is 13.8. The molecule has 0 aromatic heterocycles. The van der Waals surface area contributed by atoms with Gasteiger partial charge in [0.25, 0.3) is 0 Å². The molecule has 2 saturated carbocycles. The molecule has 0 heterocycles. The zero-order valence-electron chi connectivity index (χ0n) is 9.95. The highest BCUT2D eigenvalue weighted by molar-refractivity contribution is 5.85. The van der Waals surface area contributed by atoms with Gasteiger partial charge in [-0.1, -0.05) is 6.42 Å². The second-order valence-corrected chi connectivity index (χ2v) is 5.25. The van der Waals surface area contributed by atoms with E-state index in [0.717, 1.165) is 18.8 Å². The normalized spacial score (nSPS) is 30.6. The van der Waals surface area contributed by atoms with Crippen molar-refractivity contribution in [1.82, 2.24) is 5.32 Å². The van der Waals surface area contributed by atoms with Crippen LogP contribution in [0.15, 0.2) is 0 Å². The number of nitrogens with one attached hydrogen (secondary N) is 1. The molecular weight excluding hydrogens is 224 g/mol. The molecule has 94 valence electrons. The summed E-state index contributed by atoms with van der Waals surface area (Å²) in [5.74, 6) is 1.37. The third-order valence-electron chi connectivity index (χ3n) is 3.88. The molecule has 1 amide bonds. The summed E-state index contributed by atoms with van der Waals surface area (Å²) in [7, 11) is 0. The Morgan fingerprint density at radius 2 is 2.06 bits per heavy atom. The minimum Gasteiger partial charge on any atom is -0.353 e. The highest BCUT2D eigenvalue weighted by atomic mass is 35.5. The molecule has 0 bridgehead atoms. The van der Waals surface area contributed by atoms with Gasteiger partial charge in [-0.05, 0) is 44.4 Å². The lowest BCUT2D eigenvalue weighted by molar-refractivity contribution is -0.122. The first-order valence-electron chi connectivity index (χ1n) is 6.21. The average Bonchev–Trinajstić information content (AvgIpc) is 2.94. The largest absolute Gasteiger partial charge is 0.353 e. The van der Waals surface area contributed by atoms with Crippen molar-refractivity contribution >= 4 is 18.3 Å². The summed E-state index contributed by atoms with van der Waals surface area (Å²) in [5.41, 5.74) is 5.95. The third kappa shape index (κ3) is 3.63. The fraction of sp³-hybridized carbons (Fsp3) is 0.917. The van der Waals surface area contributed by atoms with Crippen LogP contribution in [0.1, 0.15) is 45.4 Å². The maximum absolute atomic E-state index is 11.7. The van der Waals surface area contributed by atoms with Gasteiger partial charge < -0.3 is 11.1 Å². The number of hydrogen-bond donors (Lipinski definition) is 2. The van der Waals surface area contributed by atoms with Crippen LogP contribution in [0.2, 0.25) is 0 Å². The quantitative estimate of drug-likeness (QED) is 0.795. The molecule has 0 aromatic rings. The standard InChI is InChI=1S/C12H22N2O.ClH/c1-8(9-5-6-9)14-12(15)7-10-3-2-4-11(10)13;/h8-11H,2-7,13H2,1H3,(H,14,15);1H/t8?,10-,11+;/m0./s1. The minimum absolute atomic E-state index is 0. The van der Waals surface area contributed by atoms with Crippen molar-refractivity contribution in [3.05, 3.63) is 0 Å². The van der Waals surface area contributed by atoms with Crippen LogP contribution in [0.3, 0.4) is 0 Å². The van der Waals surface area contributed by atoms with Crippen molar-refractivity contribution in [2.75, 3.05) is 0 Å². The Morgan fingerprint density at radius 1 is 1.38 bits per heavy atom. The number of amides is 1. The average molecular weight is 247 g/mol. The molecule has 2 fully saturated rings. The molecule has 2 rings (SSSR count). The summed E-state index contributed by atoms with van der Waals surface area (Å²) in [5, 5.41) is 3.09. The molecule has 4 heteroatoms. The van der Waals surface area contributed by atoms with Crippen molar-refractivity contribution in [2.24, 2.45) is 17.6 Å². The summed E-state index contributed by atoms with van der Waals surface area (Å²) in [6, 6.07) is 0.627. The number of hydrogen-bond acceptors (Lipinski definition) is 2. The molecule has 0 radical (unpaired) electrons. The molecule has 16 heavy (non-hydrogen) atoms. The minimum atomic E-state index is 0. The Morgan fingerprint density at radius 3 is 2.56 bits per heavy atom. The lowest BCUT2D eigenvalue weighted by atomic mass is 9.99. The van der Waals surface area contributed by atoms with Gasteiger partial charge in [-0.3, -0.25) is 4.79 Å². The van der Waals surface area contributed by atoms with E-state index >= 15 is 0 Å². The summed E-state index contributed by atoms with van der Waals surface area (Å²) >= 11 is 0. The molecular formula is C12H23ClN2O. The number of carbonyl (C=O) groups is 1. The van der Waals surface area contributed by atoms with Crippen LogP contribution >= 0.6 is 12.4 Å². The van der Waals surface area contributed by atoms with Crippen molar-refractivity contribution < 1.29 is 4.79 Å². The van der Waals surface area contributed by atoms with Gasteiger partial charge in [0, 0.05) is 18.5 Å². The Kier molecular flexibility index (Phi) is 5.06. The molecule has 3 nitrogen and oxygen atoms in total. The van der Waals surface area contributed by atoms with E-state index in [-0.39, 0.29) is 24.4 Å². The zero-order chi connectivity index (χ0) is 10.8. The summed E-state index contributed by atoms with van der Waals surface area (Å²) < 4.78 is 0. The van der Waals surface area contributed by atoms with E-state index in [2.05, 4.69) is 12.2 Å². The number of halogens is 1. The fourth-order valence-corrected chi connectivity index (χ4v) is 2.58. The van der Waals surface area contributed by atoms with Crippen LogP contribution in [0.5, 0.6) is 0 Å². The number of nitrogens with two attached hydrogens (primary N) is 1. The number of rotatable bonds is 4. The van der Waals surface area contributed by atoms with Gasteiger partial charge >= 0.3 is 0 Å². The van der Waals surface area contributed by atoms with E-state index in [4.69, 9.17) is 5.73 Å². The monoisotopic (exact) mass is 246 g/mol. The Labute approximate surface area is 104 Å². The Hall–Kier alpha value is -0.280. The van der Waals surface area contributed by atoms with Gasteiger partial charge in [0.15, 0.2) is 0 Å². The van der Waals surface area contributed by atoms with Gasteiger partial charge in [0.2, 0.25) is 5.91 Å². The first-order chi connectivity index (χ1) is 7.16. The Bertz CT molecular complexity index is 243. The van der Waals surface area contributed by atoms with E-state index in [0.29, 0.717) is 18.4 Å². The molecule has 0 spiro atoms. The van der Waals surface area contributed by atoms with E-state index in [1.54, 1.807) is 0 Å². The van der Waals surface area contributed by atoms with Crippen LogP contribution in [0, 0.1) is 11.8 Å². The SMILES string of the molecule is CC(NC(=O)C[C@@H]1CCC[C@H]1N)C1CC1.Cl. The van der Waals surface area contributed by atoms with Gasteiger partial charge in [0.1, 0.15) is 0 Å². The summed E-state index contributed by atoms with van der Waals surface area (Å²) in [4.78, 5) is 11.7. The topological polar surface area (TPSA) is 55.1 Å². The zero-order valence-corrected chi connectivity index (χ0v) is 10.8. The first-order valence-corrected chi connectivity index (χ1v) is 6.21. The van der Waals surface area contributed by atoms with E-state index < -0.39 is 0 Å². The van der Waals surface area contributed by atoms with Crippen molar-refractivity contribution in [3.63, 3.8) is 0 Å². The summed E-state index contributed by atoms with van der Waals surface area (Å²) in [6.45, 7) is 2.12. The lowest BCUT2D eigenvalue weighted by Gasteiger charge is -2.17. The van der Waals surface area contributed by atoms with Gasteiger partial charge in [-0.25, -0.2) is 0 Å².